The zero-order valence-corrected chi connectivity index (χ0v) is 8.63. The van der Waals surface area contributed by atoms with Crippen LogP contribution in [0, 0.1) is 0 Å². The molecule has 11 heavy (non-hydrogen) atoms. The monoisotopic (exact) mass is 186 g/mol. The highest BCUT2D eigenvalue weighted by molar-refractivity contribution is 8.80. The molecule has 0 amide bonds. The van der Waals surface area contributed by atoms with E-state index in [-0.39, 0.29) is 0 Å². The van der Waals surface area contributed by atoms with Gasteiger partial charge >= 0.3 is 0 Å². The molecular formula is C8H12NS2+. The van der Waals surface area contributed by atoms with Gasteiger partial charge in [-0.25, -0.2) is 4.58 Å². The Hall–Kier alpha value is -0.150. The summed E-state index contributed by atoms with van der Waals surface area (Å²) in [5.74, 6) is 0. The van der Waals surface area contributed by atoms with Crippen LogP contribution in [0.5, 0.6) is 0 Å². The second-order valence-corrected chi connectivity index (χ2v) is 5.05. The summed E-state index contributed by atoms with van der Waals surface area (Å²) in [7, 11) is 7.70. The van der Waals surface area contributed by atoms with Gasteiger partial charge in [-0.3, -0.25) is 0 Å². The first-order valence-electron chi connectivity index (χ1n) is 3.43. The van der Waals surface area contributed by atoms with Crippen molar-refractivity contribution in [1.82, 2.24) is 0 Å². The lowest BCUT2D eigenvalue weighted by Crippen LogP contribution is -1.95. The maximum Gasteiger partial charge on any atom is 0.164 e. The van der Waals surface area contributed by atoms with E-state index in [0.717, 1.165) is 0 Å². The predicted molar refractivity (Wildman–Crippen MR) is 55.2 cm³/mol. The Labute approximate surface area is 75.7 Å². The van der Waals surface area contributed by atoms with Gasteiger partial charge in [0.15, 0.2) is 6.21 Å². The highest BCUT2D eigenvalue weighted by atomic mass is 33.1. The van der Waals surface area contributed by atoms with Crippen molar-refractivity contribution < 1.29 is 4.58 Å². The normalized spacial score (nSPS) is 20.3. The fraction of sp³-hybridized carbons (Fsp3) is 0.375. The SMILES string of the molecule is CC1=C/C(=C/C=[N+](C)C)SS1. The van der Waals surface area contributed by atoms with Crippen LogP contribution in [0.25, 0.3) is 0 Å². The summed E-state index contributed by atoms with van der Waals surface area (Å²) in [5.41, 5.74) is 0. The van der Waals surface area contributed by atoms with E-state index < -0.39 is 0 Å². The molecule has 1 rings (SSSR count). The van der Waals surface area contributed by atoms with E-state index in [9.17, 15) is 0 Å². The molecule has 0 spiro atoms. The second-order valence-electron chi connectivity index (χ2n) is 2.60. The molecule has 1 aliphatic heterocycles. The lowest BCUT2D eigenvalue weighted by molar-refractivity contribution is -0.458. The number of nitrogens with zero attached hydrogens (tertiary/aromatic N) is 1. The molecule has 1 aliphatic rings. The second kappa shape index (κ2) is 4.02. The van der Waals surface area contributed by atoms with E-state index in [2.05, 4.69) is 25.3 Å². The van der Waals surface area contributed by atoms with E-state index in [1.807, 2.05) is 40.3 Å². The molecule has 0 aliphatic carbocycles. The van der Waals surface area contributed by atoms with Crippen molar-refractivity contribution in [2.45, 2.75) is 6.92 Å². The van der Waals surface area contributed by atoms with Crippen molar-refractivity contribution in [3.05, 3.63) is 22.0 Å². The number of hydrogen-bond donors (Lipinski definition) is 0. The molecule has 1 nitrogen and oxygen atoms in total. The molecule has 0 radical (unpaired) electrons. The van der Waals surface area contributed by atoms with E-state index >= 15 is 0 Å². The Balaban J connectivity index is 2.63. The Morgan fingerprint density at radius 1 is 1.36 bits per heavy atom. The van der Waals surface area contributed by atoms with Crippen LogP contribution in [0.2, 0.25) is 0 Å². The average Bonchev–Trinajstić information content (AvgIpc) is 2.31. The molecule has 0 saturated heterocycles. The molecule has 0 unspecified atom stereocenters. The first kappa shape index (κ1) is 8.94. The van der Waals surface area contributed by atoms with Crippen LogP contribution in [-0.4, -0.2) is 24.9 Å². The molecule has 0 aromatic rings. The van der Waals surface area contributed by atoms with Gasteiger partial charge in [-0.15, -0.1) is 0 Å². The maximum absolute atomic E-state index is 2.20. The van der Waals surface area contributed by atoms with Gasteiger partial charge in [0.05, 0.1) is 0 Å². The quantitative estimate of drug-likeness (QED) is 0.351. The van der Waals surface area contributed by atoms with Crippen molar-refractivity contribution in [3.8, 4) is 0 Å². The maximum atomic E-state index is 2.20. The van der Waals surface area contributed by atoms with Crippen LogP contribution in [0.4, 0.5) is 0 Å². The van der Waals surface area contributed by atoms with Gasteiger partial charge in [-0.05, 0) is 17.9 Å². The van der Waals surface area contributed by atoms with Crippen LogP contribution >= 0.6 is 21.6 Å². The summed E-state index contributed by atoms with van der Waals surface area (Å²) < 4.78 is 2.04. The van der Waals surface area contributed by atoms with Crippen molar-refractivity contribution in [2.24, 2.45) is 0 Å². The van der Waals surface area contributed by atoms with Crippen molar-refractivity contribution in [2.75, 3.05) is 14.1 Å². The van der Waals surface area contributed by atoms with Gasteiger partial charge in [0, 0.05) is 11.0 Å². The van der Waals surface area contributed by atoms with Gasteiger partial charge in [0.1, 0.15) is 14.1 Å². The van der Waals surface area contributed by atoms with Gasteiger partial charge < -0.3 is 0 Å². The summed E-state index contributed by atoms with van der Waals surface area (Å²) in [6, 6.07) is 0. The number of hydrogen-bond acceptors (Lipinski definition) is 2. The van der Waals surface area contributed by atoms with Crippen LogP contribution in [-0.2, 0) is 0 Å². The molecule has 0 atom stereocenters. The summed E-state index contributed by atoms with van der Waals surface area (Å²) in [4.78, 5) is 2.72. The minimum atomic E-state index is 1.33. The van der Waals surface area contributed by atoms with Gasteiger partial charge in [-0.2, -0.15) is 0 Å². The Morgan fingerprint density at radius 2 is 2.09 bits per heavy atom. The molecular weight excluding hydrogens is 174 g/mol. The zero-order chi connectivity index (χ0) is 8.27. The summed E-state index contributed by atoms with van der Waals surface area (Å²) in [5, 5.41) is 0. The molecule has 1 heterocycles. The largest absolute Gasteiger partial charge is 0.241 e. The van der Waals surface area contributed by atoms with Crippen LogP contribution in [0.3, 0.4) is 0 Å². The molecule has 0 aromatic carbocycles. The third kappa shape index (κ3) is 3.16. The molecule has 0 bridgehead atoms. The van der Waals surface area contributed by atoms with E-state index in [0.29, 0.717) is 0 Å². The Morgan fingerprint density at radius 3 is 2.55 bits per heavy atom. The van der Waals surface area contributed by atoms with Gasteiger partial charge in [0.25, 0.3) is 0 Å². The number of allylic oxidation sites excluding steroid dienone is 3. The summed E-state index contributed by atoms with van der Waals surface area (Å²) >= 11 is 0. The average molecular weight is 186 g/mol. The highest BCUT2D eigenvalue weighted by Gasteiger charge is 2.05. The fourth-order valence-electron chi connectivity index (χ4n) is 0.661. The molecule has 0 fully saturated rings. The van der Waals surface area contributed by atoms with Crippen LogP contribution in [0.1, 0.15) is 6.92 Å². The Bertz CT molecular complexity index is 234. The standard InChI is InChI=1S/C8H12NS2/c1-7-6-8(11-10-7)4-5-9(2)3/h4-6H,1-3H3/q+1/b8-4-. The van der Waals surface area contributed by atoms with Crippen LogP contribution in [0.15, 0.2) is 22.0 Å². The zero-order valence-electron chi connectivity index (χ0n) is 7.00. The topological polar surface area (TPSA) is 3.01 Å². The molecule has 0 N–H and O–H groups in total. The third-order valence-corrected chi connectivity index (χ3v) is 3.68. The molecule has 3 heteroatoms. The first-order valence-corrected chi connectivity index (χ1v) is 5.58. The van der Waals surface area contributed by atoms with Crippen molar-refractivity contribution in [3.63, 3.8) is 0 Å². The predicted octanol–water partition coefficient (Wildman–Crippen LogP) is 2.51. The fourth-order valence-corrected chi connectivity index (χ4v) is 2.62. The summed E-state index contributed by atoms with van der Waals surface area (Å²) in [6.07, 6.45) is 6.40. The molecule has 0 aromatic heterocycles. The molecule has 0 saturated carbocycles. The van der Waals surface area contributed by atoms with Crippen molar-refractivity contribution >= 4 is 27.8 Å². The molecule has 60 valence electrons. The number of rotatable bonds is 1. The Kier molecular flexibility index (Phi) is 3.27. The highest BCUT2D eigenvalue weighted by Crippen LogP contribution is 2.43. The van der Waals surface area contributed by atoms with Gasteiger partial charge in [0.2, 0.25) is 0 Å². The van der Waals surface area contributed by atoms with E-state index in [1.165, 1.54) is 9.81 Å². The summed E-state index contributed by atoms with van der Waals surface area (Å²) in [6.45, 7) is 2.13. The minimum Gasteiger partial charge on any atom is -0.241 e. The van der Waals surface area contributed by atoms with E-state index in [1.54, 1.807) is 0 Å². The minimum absolute atomic E-state index is 1.33. The van der Waals surface area contributed by atoms with Gasteiger partial charge in [-0.1, -0.05) is 21.6 Å². The van der Waals surface area contributed by atoms with Crippen molar-refractivity contribution in [1.29, 1.82) is 0 Å². The lowest BCUT2D eigenvalue weighted by Gasteiger charge is -1.85. The smallest absolute Gasteiger partial charge is 0.164 e. The van der Waals surface area contributed by atoms with Crippen LogP contribution < -0.4 is 0 Å². The lowest BCUT2D eigenvalue weighted by atomic mass is 10.4. The first-order chi connectivity index (χ1) is 5.18. The van der Waals surface area contributed by atoms with E-state index in [4.69, 9.17) is 0 Å². The third-order valence-electron chi connectivity index (χ3n) is 1.15.